The predicted octanol–water partition coefficient (Wildman–Crippen LogP) is 5.68. The fourth-order valence-corrected chi connectivity index (χ4v) is 4.38. The maximum atomic E-state index is 11.7. The van der Waals surface area contributed by atoms with Gasteiger partial charge in [0.1, 0.15) is 5.84 Å². The zero-order valence-corrected chi connectivity index (χ0v) is 22.1. The van der Waals surface area contributed by atoms with Crippen LogP contribution in [0.1, 0.15) is 32.8 Å². The molecule has 1 amide bonds. The number of hydroxylamine groups is 1. The molecule has 2 atom stereocenters. The number of sulfone groups is 1. The minimum absolute atomic E-state index is 0.00448. The lowest BCUT2D eigenvalue weighted by atomic mass is 10.0. The van der Waals surface area contributed by atoms with Crippen molar-refractivity contribution in [1.82, 2.24) is 5.48 Å². The van der Waals surface area contributed by atoms with E-state index in [4.69, 9.17) is 15.7 Å². The topological polar surface area (TPSA) is 152 Å². The van der Waals surface area contributed by atoms with Crippen molar-refractivity contribution in [3.8, 4) is 11.1 Å². The van der Waals surface area contributed by atoms with Gasteiger partial charge < -0.3 is 10.4 Å². The van der Waals surface area contributed by atoms with E-state index in [1.54, 1.807) is 54.6 Å². The molecule has 0 radical (unpaired) electrons. The minimum atomic E-state index is -3.32. The Morgan fingerprint density at radius 1 is 0.973 bits per heavy atom. The summed E-state index contributed by atoms with van der Waals surface area (Å²) in [6.45, 7) is 6.53. The van der Waals surface area contributed by atoms with E-state index in [9.17, 15) is 13.2 Å². The molecule has 0 fully saturated rings. The molecule has 0 aromatic heterocycles. The van der Waals surface area contributed by atoms with Crippen LogP contribution in [0.5, 0.6) is 0 Å². The number of amidine groups is 1. The van der Waals surface area contributed by atoms with E-state index in [0.29, 0.717) is 34.3 Å². The first-order valence-electron chi connectivity index (χ1n) is 11.7. The van der Waals surface area contributed by atoms with Crippen molar-refractivity contribution < 1.29 is 23.5 Å². The van der Waals surface area contributed by atoms with Gasteiger partial charge in [0.2, 0.25) is 0 Å². The average Bonchev–Trinajstić information content (AvgIpc) is 2.88. The van der Waals surface area contributed by atoms with Gasteiger partial charge in [0.15, 0.2) is 9.84 Å². The van der Waals surface area contributed by atoms with E-state index in [1.807, 2.05) is 23.7 Å². The average molecular weight is 527 g/mol. The lowest BCUT2D eigenvalue weighted by Gasteiger charge is -2.21. The highest BCUT2D eigenvalue weighted by atomic mass is 32.2. The summed E-state index contributed by atoms with van der Waals surface area (Å²) in [5.74, 6) is 0.596. The van der Waals surface area contributed by atoms with Gasteiger partial charge >= 0.3 is 6.09 Å². The summed E-state index contributed by atoms with van der Waals surface area (Å²) in [5.41, 5.74) is 5.21. The van der Waals surface area contributed by atoms with Crippen molar-refractivity contribution in [3.05, 3.63) is 78.4 Å². The van der Waals surface area contributed by atoms with Crippen LogP contribution in [0.25, 0.3) is 11.1 Å². The summed E-state index contributed by atoms with van der Waals surface area (Å²) in [6, 6.07) is 21.1. The summed E-state index contributed by atoms with van der Waals surface area (Å²) in [4.78, 5) is 10.8. The van der Waals surface area contributed by atoms with Crippen molar-refractivity contribution in [1.29, 1.82) is 5.41 Å². The maximum absolute atomic E-state index is 11.7. The van der Waals surface area contributed by atoms with E-state index in [2.05, 4.69) is 31.4 Å². The van der Waals surface area contributed by atoms with Crippen molar-refractivity contribution in [2.75, 3.05) is 16.9 Å². The number of carbonyl (C=O) groups is 1. The molecule has 0 saturated heterocycles. The molecule has 6 N–H and O–H groups in total. The van der Waals surface area contributed by atoms with Gasteiger partial charge in [-0.05, 0) is 48.7 Å². The van der Waals surface area contributed by atoms with Crippen molar-refractivity contribution in [2.24, 2.45) is 5.92 Å². The Morgan fingerprint density at radius 2 is 1.62 bits per heavy atom. The van der Waals surface area contributed by atoms with Gasteiger partial charge in [-0.15, -0.1) is 0 Å². The largest absolute Gasteiger partial charge is 0.465 e. The Hall–Kier alpha value is -3.89. The zero-order valence-electron chi connectivity index (χ0n) is 21.3. The summed E-state index contributed by atoms with van der Waals surface area (Å²) >= 11 is 0. The third kappa shape index (κ3) is 8.93. The van der Waals surface area contributed by atoms with E-state index in [1.165, 1.54) is 0 Å². The molecule has 1 unspecified atom stereocenters. The number of benzene rings is 3. The summed E-state index contributed by atoms with van der Waals surface area (Å²) in [5, 5.41) is 30.4. The van der Waals surface area contributed by atoms with Gasteiger partial charge in [-0.3, -0.25) is 21.4 Å². The monoisotopic (exact) mass is 526 g/mol. The van der Waals surface area contributed by atoms with Gasteiger partial charge in [0.25, 0.3) is 0 Å². The molecule has 0 saturated carbocycles. The molecule has 9 nitrogen and oxygen atoms in total. The lowest BCUT2D eigenvalue weighted by molar-refractivity contribution is 0.209. The number of hydrogen-bond acceptors (Lipinski definition) is 6. The number of nitrogens with one attached hydrogen (secondary N) is 4. The normalized spacial score (nSPS) is 12.4. The first-order valence-corrected chi connectivity index (χ1v) is 13.6. The van der Waals surface area contributed by atoms with Crippen LogP contribution in [0.4, 0.5) is 16.2 Å². The fourth-order valence-electron chi connectivity index (χ4n) is 3.47. The molecule has 3 rings (SSSR count). The van der Waals surface area contributed by atoms with Crippen molar-refractivity contribution >= 4 is 33.1 Å². The van der Waals surface area contributed by atoms with Crippen LogP contribution in [0.15, 0.2) is 77.7 Å². The lowest BCUT2D eigenvalue weighted by Crippen LogP contribution is -2.24. The SMILES string of the molecule is CCC(C)[C@H](C)Nc1cccc(C(=N)NO)c1.CS(=O)(=O)c1ccccc1-c1ccc(NC(=O)O)cc1. The Labute approximate surface area is 218 Å². The standard InChI is InChI=1S/C14H13NO4S.C13H21N3O/c1-20(18,19)13-5-3-2-4-12(13)10-6-8-11(9-7-10)15-14(16)17;1-4-9(2)10(3)15-12-7-5-6-11(8-12)13(14)16-17/h2-9,15H,1H3,(H,16,17);5-10,15,17H,4H2,1-3H3,(H2,14,16)/t;9?,10-/m.0/s1. The summed E-state index contributed by atoms with van der Waals surface area (Å²) < 4.78 is 23.5. The highest BCUT2D eigenvalue weighted by molar-refractivity contribution is 7.90. The first-order chi connectivity index (χ1) is 17.5. The van der Waals surface area contributed by atoms with Crippen LogP contribution < -0.4 is 16.1 Å². The van der Waals surface area contributed by atoms with Crippen molar-refractivity contribution in [3.63, 3.8) is 0 Å². The Bertz CT molecular complexity index is 1310. The van der Waals surface area contributed by atoms with E-state index in [-0.39, 0.29) is 10.7 Å². The fraction of sp³-hybridized carbons (Fsp3) is 0.259. The van der Waals surface area contributed by atoms with Crippen molar-refractivity contribution in [2.45, 2.75) is 38.1 Å². The summed E-state index contributed by atoms with van der Waals surface area (Å²) in [6.07, 6.45) is 1.14. The molecule has 0 aliphatic heterocycles. The Balaban J connectivity index is 0.000000264. The number of hydrogen-bond donors (Lipinski definition) is 6. The second-order valence-corrected chi connectivity index (χ2v) is 10.6. The molecule has 0 spiro atoms. The molecule has 3 aromatic rings. The molecule has 0 bridgehead atoms. The Morgan fingerprint density at radius 3 is 2.19 bits per heavy atom. The van der Waals surface area contributed by atoms with E-state index >= 15 is 0 Å². The summed E-state index contributed by atoms with van der Waals surface area (Å²) in [7, 11) is -3.32. The smallest absolute Gasteiger partial charge is 0.409 e. The molecule has 198 valence electrons. The number of carboxylic acid groups (broad SMARTS) is 1. The number of rotatable bonds is 8. The van der Waals surface area contributed by atoms with Crippen LogP contribution >= 0.6 is 0 Å². The third-order valence-electron chi connectivity index (χ3n) is 5.89. The minimum Gasteiger partial charge on any atom is -0.465 e. The quantitative estimate of drug-likeness (QED) is 0.125. The second-order valence-electron chi connectivity index (χ2n) is 8.66. The van der Waals surface area contributed by atoms with Gasteiger partial charge in [-0.2, -0.15) is 0 Å². The van der Waals surface area contributed by atoms with Crippen LogP contribution in [0.2, 0.25) is 0 Å². The molecule has 0 aliphatic rings. The Kier molecular flexibility index (Phi) is 10.6. The van der Waals surface area contributed by atoms with Crippen LogP contribution in [-0.4, -0.2) is 43.0 Å². The van der Waals surface area contributed by atoms with Crippen LogP contribution in [-0.2, 0) is 9.84 Å². The second kappa shape index (κ2) is 13.4. The molecular weight excluding hydrogens is 492 g/mol. The highest BCUT2D eigenvalue weighted by Crippen LogP contribution is 2.28. The third-order valence-corrected chi connectivity index (χ3v) is 7.04. The number of amides is 1. The van der Waals surface area contributed by atoms with Crippen LogP contribution in [0, 0.1) is 11.3 Å². The van der Waals surface area contributed by atoms with Gasteiger partial charge in [0.05, 0.1) is 4.90 Å². The molecule has 0 heterocycles. The van der Waals surface area contributed by atoms with E-state index in [0.717, 1.165) is 18.4 Å². The first kappa shape index (κ1) is 29.3. The predicted molar refractivity (Wildman–Crippen MR) is 147 cm³/mol. The molecule has 10 heteroatoms. The molecular formula is C27H34N4O5S. The van der Waals surface area contributed by atoms with Gasteiger partial charge in [-0.25, -0.2) is 13.2 Å². The highest BCUT2D eigenvalue weighted by Gasteiger charge is 2.14. The zero-order chi connectivity index (χ0) is 27.6. The van der Waals surface area contributed by atoms with Gasteiger partial charge in [-0.1, -0.05) is 62.7 Å². The van der Waals surface area contributed by atoms with Gasteiger partial charge in [0, 0.05) is 34.8 Å². The van der Waals surface area contributed by atoms with E-state index < -0.39 is 15.9 Å². The molecule has 0 aliphatic carbocycles. The molecule has 3 aromatic carbocycles. The molecule has 37 heavy (non-hydrogen) atoms. The van der Waals surface area contributed by atoms with Crippen LogP contribution in [0.3, 0.4) is 0 Å². The maximum Gasteiger partial charge on any atom is 0.409 e. The number of anilines is 2.